The molecule has 0 saturated carbocycles. The highest BCUT2D eigenvalue weighted by Gasteiger charge is 2.42. The van der Waals surface area contributed by atoms with Crippen LogP contribution in [0, 0.1) is 5.92 Å². The second-order valence-electron chi connectivity index (χ2n) is 4.62. The third kappa shape index (κ3) is 1.40. The Morgan fingerprint density at radius 1 is 1.47 bits per heavy atom. The molecule has 2 aliphatic rings. The van der Waals surface area contributed by atoms with E-state index in [1.165, 1.54) is 5.56 Å². The van der Waals surface area contributed by atoms with Crippen molar-refractivity contribution in [2.24, 2.45) is 5.92 Å². The molecule has 4 nitrogen and oxygen atoms in total. The fourth-order valence-corrected chi connectivity index (χ4v) is 2.51. The number of anilines is 1. The third-order valence-corrected chi connectivity index (χ3v) is 3.67. The first-order valence-electron chi connectivity index (χ1n) is 5.18. The molecule has 0 bridgehead atoms. The Balaban J connectivity index is 1.90. The van der Waals surface area contributed by atoms with Gasteiger partial charge in [-0.1, -0.05) is 11.6 Å². The Morgan fingerprint density at radius 2 is 2.27 bits per heavy atom. The van der Waals surface area contributed by atoms with E-state index in [0.29, 0.717) is 11.1 Å². The van der Waals surface area contributed by atoms with Crippen LogP contribution in [0.5, 0.6) is 0 Å². The summed E-state index contributed by atoms with van der Waals surface area (Å²) in [5.74, 6) is 1.57. The fraction of sp³-hybridized carbons (Fsp3) is 0.600. The van der Waals surface area contributed by atoms with Crippen molar-refractivity contribution in [3.8, 4) is 0 Å². The molecule has 15 heavy (non-hydrogen) atoms. The fourth-order valence-electron chi connectivity index (χ4n) is 2.34. The lowest BCUT2D eigenvalue weighted by molar-refractivity contribution is 0.233. The summed E-state index contributed by atoms with van der Waals surface area (Å²) in [6.45, 7) is 4.41. The van der Waals surface area contributed by atoms with Crippen LogP contribution in [0.25, 0.3) is 0 Å². The molecule has 5 heteroatoms. The van der Waals surface area contributed by atoms with Gasteiger partial charge in [0.05, 0.1) is 0 Å². The first-order valence-corrected chi connectivity index (χ1v) is 5.56. The first-order chi connectivity index (χ1) is 7.17. The van der Waals surface area contributed by atoms with Gasteiger partial charge in [-0.3, -0.25) is 0 Å². The maximum absolute atomic E-state index is 5.83. The minimum atomic E-state index is 0.118. The van der Waals surface area contributed by atoms with E-state index in [1.54, 1.807) is 0 Å². The maximum atomic E-state index is 5.83. The van der Waals surface area contributed by atoms with E-state index in [1.807, 2.05) is 6.07 Å². The van der Waals surface area contributed by atoms with Gasteiger partial charge >= 0.3 is 0 Å². The van der Waals surface area contributed by atoms with Gasteiger partial charge in [0.1, 0.15) is 0 Å². The minimum absolute atomic E-state index is 0.118. The van der Waals surface area contributed by atoms with E-state index in [-0.39, 0.29) is 5.54 Å². The van der Waals surface area contributed by atoms with Crippen LogP contribution in [0.1, 0.15) is 12.5 Å². The predicted molar refractivity (Wildman–Crippen MR) is 59.1 cm³/mol. The molecular formula is C10H13ClN4. The van der Waals surface area contributed by atoms with Crippen LogP contribution in [0.4, 0.5) is 5.82 Å². The minimum Gasteiger partial charge on any atom is -0.362 e. The van der Waals surface area contributed by atoms with Gasteiger partial charge in [-0.25, -0.2) is 0 Å². The van der Waals surface area contributed by atoms with Crippen LogP contribution < -0.4 is 10.6 Å². The summed E-state index contributed by atoms with van der Waals surface area (Å²) in [5, 5.41) is 15.2. The Morgan fingerprint density at radius 3 is 2.93 bits per heavy atom. The summed E-state index contributed by atoms with van der Waals surface area (Å²) in [5.41, 5.74) is 1.30. The molecule has 0 spiro atoms. The van der Waals surface area contributed by atoms with Gasteiger partial charge in [0.2, 0.25) is 0 Å². The van der Waals surface area contributed by atoms with Gasteiger partial charge in [-0.05, 0) is 19.4 Å². The van der Waals surface area contributed by atoms with E-state index < -0.39 is 0 Å². The Hall–Kier alpha value is -0.870. The third-order valence-electron chi connectivity index (χ3n) is 3.49. The van der Waals surface area contributed by atoms with Crippen LogP contribution >= 0.6 is 11.6 Å². The molecule has 3 rings (SSSR count). The molecule has 2 aliphatic heterocycles. The zero-order valence-electron chi connectivity index (χ0n) is 8.55. The molecule has 0 aliphatic carbocycles. The summed E-state index contributed by atoms with van der Waals surface area (Å²) in [4.78, 5) is 0. The van der Waals surface area contributed by atoms with E-state index in [9.17, 15) is 0 Å². The van der Waals surface area contributed by atoms with Crippen molar-refractivity contribution in [3.63, 3.8) is 0 Å². The number of hydrogen-bond donors (Lipinski definition) is 2. The lowest BCUT2D eigenvalue weighted by atomic mass is 9.79. The Kier molecular flexibility index (Phi) is 1.91. The number of nitrogens with one attached hydrogen (secondary N) is 2. The lowest BCUT2D eigenvalue weighted by Gasteiger charge is -2.41. The zero-order chi connectivity index (χ0) is 10.5. The number of hydrogen-bond acceptors (Lipinski definition) is 4. The average molecular weight is 225 g/mol. The summed E-state index contributed by atoms with van der Waals surface area (Å²) >= 11 is 5.83. The molecular weight excluding hydrogens is 212 g/mol. The number of halogens is 1. The summed E-state index contributed by atoms with van der Waals surface area (Å²) in [6, 6.07) is 1.91. The van der Waals surface area contributed by atoms with Crippen LogP contribution in [0.15, 0.2) is 6.07 Å². The second-order valence-corrected chi connectivity index (χ2v) is 5.00. The average Bonchev–Trinajstić information content (AvgIpc) is 2.37. The quantitative estimate of drug-likeness (QED) is 0.750. The van der Waals surface area contributed by atoms with Gasteiger partial charge in [0.15, 0.2) is 11.0 Å². The van der Waals surface area contributed by atoms with Crippen molar-refractivity contribution in [1.29, 1.82) is 0 Å². The number of fused-ring (bicyclic) bond motifs is 1. The molecule has 0 aromatic carbocycles. The van der Waals surface area contributed by atoms with Gasteiger partial charge < -0.3 is 10.6 Å². The number of aromatic nitrogens is 2. The topological polar surface area (TPSA) is 49.8 Å². The van der Waals surface area contributed by atoms with Crippen LogP contribution in [-0.2, 0) is 6.42 Å². The van der Waals surface area contributed by atoms with Crippen molar-refractivity contribution >= 4 is 17.4 Å². The smallest absolute Gasteiger partial charge is 0.152 e. The second kappa shape index (κ2) is 3.06. The maximum Gasteiger partial charge on any atom is 0.152 e. The van der Waals surface area contributed by atoms with Gasteiger partial charge in [0.25, 0.3) is 0 Å². The summed E-state index contributed by atoms with van der Waals surface area (Å²) in [7, 11) is 0. The number of rotatable bonds is 1. The van der Waals surface area contributed by atoms with Crippen molar-refractivity contribution in [3.05, 3.63) is 16.8 Å². The van der Waals surface area contributed by atoms with Crippen molar-refractivity contribution in [2.45, 2.75) is 18.9 Å². The van der Waals surface area contributed by atoms with Crippen molar-refractivity contribution in [2.75, 3.05) is 18.4 Å². The molecule has 1 aromatic rings. The van der Waals surface area contributed by atoms with E-state index in [2.05, 4.69) is 27.8 Å². The van der Waals surface area contributed by atoms with E-state index in [4.69, 9.17) is 11.6 Å². The predicted octanol–water partition coefficient (Wildman–Crippen LogP) is 1.08. The van der Waals surface area contributed by atoms with Gasteiger partial charge in [-0.2, -0.15) is 0 Å². The van der Waals surface area contributed by atoms with Crippen molar-refractivity contribution in [1.82, 2.24) is 15.5 Å². The van der Waals surface area contributed by atoms with Crippen LogP contribution in [0.2, 0.25) is 5.15 Å². The molecule has 2 N–H and O–H groups in total. The molecule has 1 atom stereocenters. The van der Waals surface area contributed by atoms with Gasteiger partial charge in [0, 0.05) is 30.1 Å². The Bertz CT molecular complexity index is 404. The monoisotopic (exact) mass is 224 g/mol. The lowest BCUT2D eigenvalue weighted by Crippen LogP contribution is -2.57. The summed E-state index contributed by atoms with van der Waals surface area (Å²) in [6.07, 6.45) is 0.990. The van der Waals surface area contributed by atoms with Crippen LogP contribution in [0.3, 0.4) is 0 Å². The van der Waals surface area contributed by atoms with Crippen molar-refractivity contribution < 1.29 is 0 Å². The highest BCUT2D eigenvalue weighted by Crippen LogP contribution is 2.37. The Labute approximate surface area is 93.4 Å². The van der Waals surface area contributed by atoms with Crippen LogP contribution in [-0.4, -0.2) is 28.8 Å². The number of nitrogens with zero attached hydrogens (tertiary/aromatic N) is 2. The molecule has 0 radical (unpaired) electrons. The normalized spacial score (nSPS) is 29.5. The molecule has 3 heterocycles. The molecule has 0 amide bonds. The zero-order valence-corrected chi connectivity index (χ0v) is 9.30. The largest absolute Gasteiger partial charge is 0.362 e. The molecule has 1 fully saturated rings. The SMILES string of the molecule is CC1(C2CNC2)Cc2cc(Cl)nnc2N1. The molecule has 1 aromatic heterocycles. The summed E-state index contributed by atoms with van der Waals surface area (Å²) < 4.78 is 0. The molecule has 1 unspecified atom stereocenters. The standard InChI is InChI=1S/C10H13ClN4/c1-10(7-4-12-5-7)3-6-2-8(11)14-15-9(6)13-10/h2,7,12H,3-5H2,1H3,(H,13,15). The highest BCUT2D eigenvalue weighted by molar-refractivity contribution is 6.29. The molecule has 1 saturated heterocycles. The highest BCUT2D eigenvalue weighted by atomic mass is 35.5. The first kappa shape index (κ1) is 9.36. The van der Waals surface area contributed by atoms with Gasteiger partial charge in [-0.15, -0.1) is 10.2 Å². The molecule has 80 valence electrons. The van der Waals surface area contributed by atoms with E-state index in [0.717, 1.165) is 25.3 Å². The van der Waals surface area contributed by atoms with E-state index >= 15 is 0 Å².